The summed E-state index contributed by atoms with van der Waals surface area (Å²) in [6.45, 7) is 14.7. The van der Waals surface area contributed by atoms with Crippen LogP contribution in [0.3, 0.4) is 0 Å². The van der Waals surface area contributed by atoms with E-state index in [1.807, 2.05) is 0 Å². The van der Waals surface area contributed by atoms with Crippen molar-refractivity contribution in [1.82, 2.24) is 8.13 Å². The van der Waals surface area contributed by atoms with Crippen molar-refractivity contribution in [2.75, 3.05) is 0 Å². The maximum absolute atomic E-state index is 2.96. The predicted molar refractivity (Wildman–Crippen MR) is 63.7 cm³/mol. The SMILES string of the molecule is CC(C)N1[SiH](C)N([SiH](C)C)[SiH]1C. The molecule has 0 N–H and O–H groups in total. The smallest absolute Gasteiger partial charge is 0.168 e. The van der Waals surface area contributed by atoms with Gasteiger partial charge in [0.25, 0.3) is 0 Å². The van der Waals surface area contributed by atoms with Gasteiger partial charge in [-0.1, -0.05) is 26.9 Å². The lowest BCUT2D eigenvalue weighted by molar-refractivity contribution is 0.446. The fraction of sp³-hybridized carbons (Fsp3) is 1.00. The van der Waals surface area contributed by atoms with Gasteiger partial charge in [0.05, 0.1) is 8.96 Å². The average molecular weight is 219 g/mol. The molecular formula is C7H22N2Si3. The molecule has 72 valence electrons. The largest absolute Gasteiger partial charge is 0.352 e. The van der Waals surface area contributed by atoms with Crippen LogP contribution >= 0.6 is 0 Å². The predicted octanol–water partition coefficient (Wildman–Crippen LogP) is 0.696. The fourth-order valence-corrected chi connectivity index (χ4v) is 19.5. The summed E-state index contributed by atoms with van der Waals surface area (Å²) >= 11 is 0. The highest BCUT2D eigenvalue weighted by atomic mass is 28.5. The molecule has 0 aromatic carbocycles. The van der Waals surface area contributed by atoms with E-state index < -0.39 is 27.2 Å². The van der Waals surface area contributed by atoms with Crippen molar-refractivity contribution in [3.8, 4) is 0 Å². The molecule has 0 radical (unpaired) electrons. The maximum Gasteiger partial charge on any atom is 0.168 e. The highest BCUT2D eigenvalue weighted by molar-refractivity contribution is 6.95. The van der Waals surface area contributed by atoms with Crippen LogP contribution in [0.5, 0.6) is 0 Å². The molecule has 1 saturated heterocycles. The minimum absolute atomic E-state index is 0.458. The monoisotopic (exact) mass is 218 g/mol. The van der Waals surface area contributed by atoms with Gasteiger partial charge < -0.3 is 8.13 Å². The molecule has 0 bridgehead atoms. The van der Waals surface area contributed by atoms with E-state index in [9.17, 15) is 0 Å². The summed E-state index contributed by atoms with van der Waals surface area (Å²) in [5.41, 5.74) is 0. The lowest BCUT2D eigenvalue weighted by atomic mass is 10.4. The van der Waals surface area contributed by atoms with Crippen LogP contribution in [0.25, 0.3) is 0 Å². The van der Waals surface area contributed by atoms with Crippen LogP contribution in [-0.4, -0.2) is 41.4 Å². The Hall–Kier alpha value is 0.571. The Morgan fingerprint density at radius 1 is 1.08 bits per heavy atom. The molecule has 1 heterocycles. The highest BCUT2D eigenvalue weighted by Gasteiger charge is 2.44. The van der Waals surface area contributed by atoms with Gasteiger partial charge in [-0.3, -0.25) is 0 Å². The first-order valence-corrected chi connectivity index (χ1v) is 12.2. The third-order valence-corrected chi connectivity index (χ3v) is 20.1. The van der Waals surface area contributed by atoms with E-state index in [1.165, 1.54) is 0 Å². The molecule has 1 aliphatic rings. The normalized spacial score (nSPS) is 33.0. The van der Waals surface area contributed by atoms with Crippen LogP contribution in [0.15, 0.2) is 0 Å². The Kier molecular flexibility index (Phi) is 3.33. The van der Waals surface area contributed by atoms with Crippen LogP contribution in [0.2, 0.25) is 26.2 Å². The summed E-state index contributed by atoms with van der Waals surface area (Å²) in [5, 5.41) is 0. The van der Waals surface area contributed by atoms with Gasteiger partial charge in [0.2, 0.25) is 0 Å². The van der Waals surface area contributed by atoms with Gasteiger partial charge in [0.15, 0.2) is 18.2 Å². The number of hydrogen-bond acceptors (Lipinski definition) is 2. The highest BCUT2D eigenvalue weighted by Crippen LogP contribution is 2.23. The molecule has 0 aromatic rings. The van der Waals surface area contributed by atoms with Gasteiger partial charge in [-0.15, -0.1) is 0 Å². The third kappa shape index (κ3) is 1.60. The van der Waals surface area contributed by atoms with E-state index in [-0.39, 0.29) is 0 Å². The van der Waals surface area contributed by atoms with Crippen LogP contribution in [0, 0.1) is 0 Å². The van der Waals surface area contributed by atoms with Gasteiger partial charge in [-0.2, -0.15) is 0 Å². The van der Waals surface area contributed by atoms with Crippen LogP contribution in [-0.2, 0) is 0 Å². The van der Waals surface area contributed by atoms with Gasteiger partial charge in [0, 0.05) is 0 Å². The molecule has 0 aliphatic carbocycles. The van der Waals surface area contributed by atoms with E-state index in [0.717, 1.165) is 6.04 Å². The van der Waals surface area contributed by atoms with Crippen molar-refractivity contribution < 1.29 is 0 Å². The van der Waals surface area contributed by atoms with E-state index in [0.29, 0.717) is 0 Å². The number of nitrogens with zero attached hydrogens (tertiary/aromatic N) is 2. The Morgan fingerprint density at radius 3 is 1.75 bits per heavy atom. The first-order chi connectivity index (χ1) is 5.46. The summed E-state index contributed by atoms with van der Waals surface area (Å²) in [5.74, 6) is 0. The molecule has 0 amide bonds. The maximum atomic E-state index is 2.96. The molecule has 0 aromatic heterocycles. The second-order valence-electron chi connectivity index (χ2n) is 4.35. The van der Waals surface area contributed by atoms with Crippen LogP contribution < -0.4 is 0 Å². The number of hydrogen-bond donors (Lipinski definition) is 0. The molecule has 1 aliphatic heterocycles. The summed E-state index contributed by atoms with van der Waals surface area (Å²) in [4.78, 5) is 0. The summed E-state index contributed by atoms with van der Waals surface area (Å²) in [7, 11) is -1.62. The first-order valence-electron chi connectivity index (χ1n) is 5.01. The van der Waals surface area contributed by atoms with Gasteiger partial charge in [-0.25, -0.2) is 0 Å². The van der Waals surface area contributed by atoms with Crippen molar-refractivity contribution in [2.45, 2.75) is 46.1 Å². The first kappa shape index (κ1) is 10.7. The van der Waals surface area contributed by atoms with Gasteiger partial charge in [-0.05, 0) is 19.1 Å². The van der Waals surface area contributed by atoms with E-state index in [2.05, 4.69) is 48.2 Å². The Balaban J connectivity index is 2.56. The second-order valence-corrected chi connectivity index (χ2v) is 14.4. The lowest BCUT2D eigenvalue weighted by Crippen LogP contribution is -2.79. The fourth-order valence-electron chi connectivity index (χ4n) is 2.59. The molecular weight excluding hydrogens is 196 g/mol. The number of rotatable bonds is 2. The molecule has 5 heteroatoms. The zero-order valence-corrected chi connectivity index (χ0v) is 12.7. The minimum atomic E-state index is -0.583. The standard InChI is InChI=1S/C7H22N2Si3/c1-7(2)8-11(5)9(10(3)4)12(8)6/h7,10-12H,1-6H3. The Morgan fingerprint density at radius 2 is 1.50 bits per heavy atom. The van der Waals surface area contributed by atoms with Crippen molar-refractivity contribution >= 4 is 27.2 Å². The zero-order valence-electron chi connectivity index (χ0n) is 9.20. The van der Waals surface area contributed by atoms with E-state index in [1.54, 1.807) is 0 Å². The Bertz CT molecular complexity index is 137. The second kappa shape index (κ2) is 3.75. The molecule has 2 nitrogen and oxygen atoms in total. The molecule has 2 unspecified atom stereocenters. The lowest BCUT2D eigenvalue weighted by Gasteiger charge is -2.58. The van der Waals surface area contributed by atoms with Gasteiger partial charge in [0.1, 0.15) is 0 Å². The summed E-state index contributed by atoms with van der Waals surface area (Å²) in [6.07, 6.45) is 0. The molecule has 1 fully saturated rings. The molecule has 0 saturated carbocycles. The third-order valence-electron chi connectivity index (χ3n) is 2.92. The zero-order chi connectivity index (χ0) is 9.46. The van der Waals surface area contributed by atoms with Crippen molar-refractivity contribution in [2.24, 2.45) is 0 Å². The summed E-state index contributed by atoms with van der Waals surface area (Å²) in [6, 6.07) is 0.817. The quantitative estimate of drug-likeness (QED) is 0.630. The van der Waals surface area contributed by atoms with E-state index in [4.69, 9.17) is 0 Å². The Labute approximate surface area is 81.8 Å². The molecule has 2 atom stereocenters. The summed E-state index contributed by atoms with van der Waals surface area (Å²) < 4.78 is 5.81. The average Bonchev–Trinajstić information content (AvgIpc) is 1.84. The van der Waals surface area contributed by atoms with Crippen molar-refractivity contribution in [3.05, 3.63) is 0 Å². The molecule has 0 spiro atoms. The van der Waals surface area contributed by atoms with E-state index >= 15 is 0 Å². The van der Waals surface area contributed by atoms with Crippen molar-refractivity contribution in [1.29, 1.82) is 0 Å². The molecule has 1 rings (SSSR count). The van der Waals surface area contributed by atoms with Crippen molar-refractivity contribution in [3.63, 3.8) is 0 Å². The minimum Gasteiger partial charge on any atom is -0.352 e. The molecule has 12 heavy (non-hydrogen) atoms. The van der Waals surface area contributed by atoms with Crippen LogP contribution in [0.1, 0.15) is 13.8 Å². The van der Waals surface area contributed by atoms with Crippen LogP contribution in [0.4, 0.5) is 0 Å². The topological polar surface area (TPSA) is 6.48 Å². The van der Waals surface area contributed by atoms with Gasteiger partial charge >= 0.3 is 0 Å².